The molecular weight excluding hydrogens is 330 g/mol. The largest absolute Gasteiger partial charge is 0.444 e. The van der Waals surface area contributed by atoms with Gasteiger partial charge in [0.05, 0.1) is 0 Å². The lowest BCUT2D eigenvalue weighted by atomic mass is 10.0. The van der Waals surface area contributed by atoms with Crippen molar-refractivity contribution in [1.29, 1.82) is 0 Å². The maximum atomic E-state index is 12.3. The van der Waals surface area contributed by atoms with E-state index in [1.807, 2.05) is 20.8 Å². The van der Waals surface area contributed by atoms with Gasteiger partial charge in [0, 0.05) is 12.6 Å². The van der Waals surface area contributed by atoms with E-state index in [2.05, 4.69) is 0 Å². The average Bonchev–Trinajstić information content (AvgIpc) is 2.83. The van der Waals surface area contributed by atoms with Gasteiger partial charge in [-0.3, -0.25) is 4.55 Å². The molecule has 0 aliphatic carbocycles. The van der Waals surface area contributed by atoms with Crippen molar-refractivity contribution in [2.75, 3.05) is 6.54 Å². The van der Waals surface area contributed by atoms with Crippen LogP contribution >= 0.6 is 0 Å². The van der Waals surface area contributed by atoms with E-state index in [-0.39, 0.29) is 17.0 Å². The molecule has 2 rings (SSSR count). The van der Waals surface area contributed by atoms with Crippen molar-refractivity contribution < 1.29 is 22.5 Å². The van der Waals surface area contributed by atoms with Crippen LogP contribution in [0, 0.1) is 6.92 Å². The van der Waals surface area contributed by atoms with E-state index in [1.165, 1.54) is 0 Å². The quantitative estimate of drug-likeness (QED) is 0.842. The third-order valence-corrected chi connectivity index (χ3v) is 5.11. The van der Waals surface area contributed by atoms with Crippen molar-refractivity contribution in [3.63, 3.8) is 0 Å². The minimum atomic E-state index is -4.31. The molecule has 0 bridgehead atoms. The number of rotatable bonds is 3. The lowest BCUT2D eigenvalue weighted by molar-refractivity contribution is 0.0226. The molecule has 1 aliphatic rings. The van der Waals surface area contributed by atoms with Gasteiger partial charge in [0.2, 0.25) is 0 Å². The molecule has 0 unspecified atom stereocenters. The fraction of sp³-hybridized carbons (Fsp3) is 0.588. The minimum Gasteiger partial charge on any atom is -0.444 e. The molecule has 1 amide bonds. The van der Waals surface area contributed by atoms with Gasteiger partial charge in [-0.15, -0.1) is 0 Å². The number of carbonyl (C=O) groups excluding carboxylic acids is 1. The van der Waals surface area contributed by atoms with Crippen molar-refractivity contribution >= 4 is 16.2 Å². The molecule has 1 aromatic carbocycles. The molecule has 1 aliphatic heterocycles. The van der Waals surface area contributed by atoms with Gasteiger partial charge in [-0.25, -0.2) is 4.79 Å². The molecule has 1 aromatic rings. The third-order valence-electron chi connectivity index (χ3n) is 4.01. The molecule has 1 saturated heterocycles. The van der Waals surface area contributed by atoms with Gasteiger partial charge in [-0.2, -0.15) is 8.42 Å². The highest BCUT2D eigenvalue weighted by Crippen LogP contribution is 2.27. The van der Waals surface area contributed by atoms with Crippen molar-refractivity contribution in [2.24, 2.45) is 0 Å². The van der Waals surface area contributed by atoms with Crippen molar-refractivity contribution in [3.05, 3.63) is 29.3 Å². The van der Waals surface area contributed by atoms with E-state index in [4.69, 9.17) is 4.74 Å². The topological polar surface area (TPSA) is 83.9 Å². The molecule has 134 valence electrons. The summed E-state index contributed by atoms with van der Waals surface area (Å²) in [6, 6.07) is 4.95. The molecule has 1 fully saturated rings. The second-order valence-corrected chi connectivity index (χ2v) is 8.57. The number of nitrogens with zero attached hydrogens (tertiary/aromatic N) is 1. The number of amides is 1. The Kier molecular flexibility index (Phi) is 5.25. The standard InChI is InChI=1S/C17H25NO5S/c1-12-7-5-8-13(15(12)24(20,21)22)11-14-9-6-10-18(14)16(19)23-17(2,3)4/h5,7-8,14H,6,9-11H2,1-4H3,(H,20,21,22)/t14-/m0/s1. The summed E-state index contributed by atoms with van der Waals surface area (Å²) in [7, 11) is -4.31. The van der Waals surface area contributed by atoms with Gasteiger partial charge < -0.3 is 9.64 Å². The van der Waals surface area contributed by atoms with Crippen molar-refractivity contribution in [3.8, 4) is 0 Å². The predicted molar refractivity (Wildman–Crippen MR) is 90.7 cm³/mol. The van der Waals surface area contributed by atoms with Crippen LogP contribution < -0.4 is 0 Å². The Bertz CT molecular complexity index is 721. The summed E-state index contributed by atoms with van der Waals surface area (Å²) >= 11 is 0. The van der Waals surface area contributed by atoms with Gasteiger partial charge in [-0.05, 0) is 58.1 Å². The first-order chi connectivity index (χ1) is 11.0. The van der Waals surface area contributed by atoms with Crippen LogP contribution in [0.4, 0.5) is 4.79 Å². The number of carbonyl (C=O) groups is 1. The summed E-state index contributed by atoms with van der Waals surface area (Å²) in [6.45, 7) is 7.67. The van der Waals surface area contributed by atoms with Gasteiger partial charge in [0.25, 0.3) is 10.1 Å². The van der Waals surface area contributed by atoms with Crippen LogP contribution in [0.25, 0.3) is 0 Å². The highest BCUT2D eigenvalue weighted by Gasteiger charge is 2.33. The fourth-order valence-electron chi connectivity index (χ4n) is 3.11. The fourth-order valence-corrected chi connectivity index (χ4v) is 4.06. The number of benzene rings is 1. The summed E-state index contributed by atoms with van der Waals surface area (Å²) in [5, 5.41) is 0. The minimum absolute atomic E-state index is 0.0546. The SMILES string of the molecule is Cc1cccc(C[C@@H]2CCCN2C(=O)OC(C)(C)C)c1S(=O)(=O)O. The molecule has 1 atom stereocenters. The predicted octanol–water partition coefficient (Wildman–Crippen LogP) is 3.18. The highest BCUT2D eigenvalue weighted by molar-refractivity contribution is 7.86. The maximum Gasteiger partial charge on any atom is 0.410 e. The molecule has 0 spiro atoms. The molecule has 6 nitrogen and oxygen atoms in total. The van der Waals surface area contributed by atoms with Gasteiger partial charge >= 0.3 is 6.09 Å². The molecule has 1 heterocycles. The van der Waals surface area contributed by atoms with Crippen molar-refractivity contribution in [2.45, 2.75) is 63.5 Å². The number of aryl methyl sites for hydroxylation is 1. The van der Waals surface area contributed by atoms with E-state index in [0.29, 0.717) is 24.1 Å². The van der Waals surface area contributed by atoms with Crippen LogP contribution in [0.1, 0.15) is 44.7 Å². The lowest BCUT2D eigenvalue weighted by Crippen LogP contribution is -2.40. The first kappa shape index (κ1) is 18.7. The number of hydrogen-bond donors (Lipinski definition) is 1. The molecule has 0 saturated carbocycles. The monoisotopic (exact) mass is 355 g/mol. The molecule has 0 aromatic heterocycles. The van der Waals surface area contributed by atoms with E-state index in [0.717, 1.165) is 12.8 Å². The Balaban J connectivity index is 2.25. The first-order valence-electron chi connectivity index (χ1n) is 8.04. The zero-order chi connectivity index (χ0) is 18.1. The second-order valence-electron chi connectivity index (χ2n) is 7.21. The van der Waals surface area contributed by atoms with Crippen LogP contribution in [-0.2, 0) is 21.3 Å². The van der Waals surface area contributed by atoms with E-state index < -0.39 is 15.7 Å². The maximum absolute atomic E-state index is 12.3. The Hall–Kier alpha value is -1.60. The van der Waals surface area contributed by atoms with Crippen LogP contribution in [0.2, 0.25) is 0 Å². The van der Waals surface area contributed by atoms with Gasteiger partial charge in [0.1, 0.15) is 10.5 Å². The number of likely N-dealkylation sites (tertiary alicyclic amines) is 1. The van der Waals surface area contributed by atoms with Crippen LogP contribution in [-0.4, -0.2) is 42.2 Å². The number of hydrogen-bond acceptors (Lipinski definition) is 4. The summed E-state index contributed by atoms with van der Waals surface area (Å²) in [6.07, 6.45) is 1.61. The summed E-state index contributed by atoms with van der Waals surface area (Å²) < 4.78 is 38.4. The summed E-state index contributed by atoms with van der Waals surface area (Å²) in [5.74, 6) is 0. The molecule has 0 radical (unpaired) electrons. The number of ether oxygens (including phenoxy) is 1. The average molecular weight is 355 g/mol. The zero-order valence-electron chi connectivity index (χ0n) is 14.6. The Morgan fingerprint density at radius 3 is 2.62 bits per heavy atom. The van der Waals surface area contributed by atoms with Crippen molar-refractivity contribution in [1.82, 2.24) is 4.90 Å². The van der Waals surface area contributed by atoms with Crippen LogP contribution in [0.5, 0.6) is 0 Å². The highest BCUT2D eigenvalue weighted by atomic mass is 32.2. The Morgan fingerprint density at radius 2 is 2.04 bits per heavy atom. The van der Waals surface area contributed by atoms with Gasteiger partial charge in [0.15, 0.2) is 0 Å². The van der Waals surface area contributed by atoms with Crippen LogP contribution in [0.3, 0.4) is 0 Å². The third kappa shape index (κ3) is 4.48. The lowest BCUT2D eigenvalue weighted by Gasteiger charge is -2.29. The second kappa shape index (κ2) is 6.72. The Labute approximate surface area is 143 Å². The molecular formula is C17H25NO5S. The van der Waals surface area contributed by atoms with Crippen LogP contribution in [0.15, 0.2) is 23.1 Å². The zero-order valence-corrected chi connectivity index (χ0v) is 15.4. The molecule has 24 heavy (non-hydrogen) atoms. The summed E-state index contributed by atoms with van der Waals surface area (Å²) in [4.78, 5) is 13.9. The first-order valence-corrected chi connectivity index (χ1v) is 9.48. The molecule has 1 N–H and O–H groups in total. The van der Waals surface area contributed by atoms with E-state index >= 15 is 0 Å². The van der Waals surface area contributed by atoms with E-state index in [1.54, 1.807) is 30.0 Å². The molecule has 7 heteroatoms. The normalized spacial score (nSPS) is 18.7. The van der Waals surface area contributed by atoms with E-state index in [9.17, 15) is 17.8 Å². The smallest absolute Gasteiger partial charge is 0.410 e. The summed E-state index contributed by atoms with van der Waals surface area (Å²) in [5.41, 5.74) is 0.447. The Morgan fingerprint density at radius 1 is 1.38 bits per heavy atom. The van der Waals surface area contributed by atoms with Gasteiger partial charge in [-0.1, -0.05) is 18.2 Å².